The standard InChI is InChI=1S/C14H18N2O4/c15-14(6-8-20-9-7-14)13(19)16-11(12(17)18)10-4-2-1-3-5-10/h1-5,11H,6-9,15H2,(H,16,19)(H,17,18)/t11-/m1/s1. The zero-order valence-electron chi connectivity index (χ0n) is 11.0. The molecule has 1 saturated heterocycles. The molecular formula is C14H18N2O4. The highest BCUT2D eigenvalue weighted by Crippen LogP contribution is 2.20. The molecule has 1 fully saturated rings. The van der Waals surface area contributed by atoms with E-state index in [1.807, 2.05) is 0 Å². The average molecular weight is 278 g/mol. The van der Waals surface area contributed by atoms with Gasteiger partial charge in [-0.05, 0) is 18.4 Å². The molecule has 108 valence electrons. The van der Waals surface area contributed by atoms with Gasteiger partial charge in [0, 0.05) is 13.2 Å². The molecule has 1 heterocycles. The molecule has 0 unspecified atom stereocenters. The summed E-state index contributed by atoms with van der Waals surface area (Å²) in [5.74, 6) is -1.56. The molecule has 2 rings (SSSR count). The molecule has 6 heteroatoms. The van der Waals surface area contributed by atoms with Crippen LogP contribution in [0.3, 0.4) is 0 Å². The van der Waals surface area contributed by atoms with Gasteiger partial charge in [0.25, 0.3) is 0 Å². The molecule has 0 spiro atoms. The van der Waals surface area contributed by atoms with E-state index in [9.17, 15) is 14.7 Å². The first kappa shape index (κ1) is 14.5. The van der Waals surface area contributed by atoms with E-state index in [-0.39, 0.29) is 0 Å². The van der Waals surface area contributed by atoms with Gasteiger partial charge < -0.3 is 20.9 Å². The highest BCUT2D eigenvalue weighted by atomic mass is 16.5. The Morgan fingerprint density at radius 3 is 2.40 bits per heavy atom. The van der Waals surface area contributed by atoms with Gasteiger partial charge in [-0.2, -0.15) is 0 Å². The SMILES string of the molecule is NC1(C(=O)N[C@@H](C(=O)O)c2ccccc2)CCOCC1. The number of hydrogen-bond donors (Lipinski definition) is 3. The zero-order chi connectivity index (χ0) is 14.6. The van der Waals surface area contributed by atoms with Gasteiger partial charge in [-0.15, -0.1) is 0 Å². The van der Waals surface area contributed by atoms with E-state index in [0.29, 0.717) is 31.6 Å². The molecular weight excluding hydrogens is 260 g/mol. The molecule has 1 aliphatic heterocycles. The van der Waals surface area contributed by atoms with Gasteiger partial charge in [0.2, 0.25) is 5.91 Å². The number of ether oxygens (including phenoxy) is 1. The largest absolute Gasteiger partial charge is 0.479 e. The van der Waals surface area contributed by atoms with Crippen molar-refractivity contribution in [1.82, 2.24) is 5.32 Å². The Morgan fingerprint density at radius 1 is 1.25 bits per heavy atom. The van der Waals surface area contributed by atoms with Crippen LogP contribution in [-0.2, 0) is 14.3 Å². The summed E-state index contributed by atoms with van der Waals surface area (Å²) in [6.45, 7) is 0.819. The molecule has 1 aromatic rings. The molecule has 20 heavy (non-hydrogen) atoms. The van der Waals surface area contributed by atoms with E-state index in [4.69, 9.17) is 10.5 Å². The lowest BCUT2D eigenvalue weighted by molar-refractivity contribution is -0.143. The number of aliphatic carboxylic acids is 1. The number of carboxylic acid groups (broad SMARTS) is 1. The van der Waals surface area contributed by atoms with Gasteiger partial charge in [0.05, 0.1) is 5.54 Å². The van der Waals surface area contributed by atoms with Crippen molar-refractivity contribution >= 4 is 11.9 Å². The summed E-state index contributed by atoms with van der Waals surface area (Å²) in [4.78, 5) is 23.6. The minimum atomic E-state index is -1.11. The third-order valence-corrected chi connectivity index (χ3v) is 3.49. The Morgan fingerprint density at radius 2 is 1.85 bits per heavy atom. The first-order chi connectivity index (χ1) is 9.53. The maximum Gasteiger partial charge on any atom is 0.330 e. The molecule has 0 bridgehead atoms. The fourth-order valence-electron chi connectivity index (χ4n) is 2.17. The van der Waals surface area contributed by atoms with E-state index in [2.05, 4.69) is 5.32 Å². The Kier molecular flexibility index (Phi) is 4.36. The van der Waals surface area contributed by atoms with Crippen LogP contribution >= 0.6 is 0 Å². The molecule has 0 aliphatic carbocycles. The minimum absolute atomic E-state index is 0.389. The molecule has 1 aliphatic rings. The highest BCUT2D eigenvalue weighted by Gasteiger charge is 2.38. The molecule has 4 N–H and O–H groups in total. The van der Waals surface area contributed by atoms with Crippen LogP contribution in [0.1, 0.15) is 24.4 Å². The van der Waals surface area contributed by atoms with Crippen molar-refractivity contribution in [2.45, 2.75) is 24.4 Å². The summed E-state index contributed by atoms with van der Waals surface area (Å²) in [6, 6.07) is 7.46. The van der Waals surface area contributed by atoms with Crippen molar-refractivity contribution in [2.75, 3.05) is 13.2 Å². The fourth-order valence-corrected chi connectivity index (χ4v) is 2.17. The van der Waals surface area contributed by atoms with E-state index >= 15 is 0 Å². The van der Waals surface area contributed by atoms with Crippen LogP contribution in [0.25, 0.3) is 0 Å². The Hall–Kier alpha value is -1.92. The van der Waals surface area contributed by atoms with E-state index in [0.717, 1.165) is 0 Å². The van der Waals surface area contributed by atoms with E-state index in [1.54, 1.807) is 30.3 Å². The maximum absolute atomic E-state index is 12.3. The lowest BCUT2D eigenvalue weighted by Gasteiger charge is -2.32. The third kappa shape index (κ3) is 3.15. The van der Waals surface area contributed by atoms with Crippen molar-refractivity contribution in [3.63, 3.8) is 0 Å². The second-order valence-electron chi connectivity index (χ2n) is 4.92. The number of hydrogen-bond acceptors (Lipinski definition) is 4. The Bertz CT molecular complexity index is 483. The number of carbonyl (C=O) groups excluding carboxylic acids is 1. The summed E-state index contributed by atoms with van der Waals surface area (Å²) < 4.78 is 5.18. The molecule has 1 atom stereocenters. The van der Waals surface area contributed by atoms with Gasteiger partial charge >= 0.3 is 5.97 Å². The molecule has 0 radical (unpaired) electrons. The van der Waals surface area contributed by atoms with Crippen molar-refractivity contribution in [3.05, 3.63) is 35.9 Å². The summed E-state index contributed by atoms with van der Waals surface area (Å²) >= 11 is 0. The second kappa shape index (κ2) is 6.02. The zero-order valence-corrected chi connectivity index (χ0v) is 11.0. The van der Waals surface area contributed by atoms with E-state index in [1.165, 1.54) is 0 Å². The van der Waals surface area contributed by atoms with Crippen molar-refractivity contribution in [3.8, 4) is 0 Å². The number of nitrogens with one attached hydrogen (secondary N) is 1. The minimum Gasteiger partial charge on any atom is -0.479 e. The van der Waals surface area contributed by atoms with Crippen LogP contribution < -0.4 is 11.1 Å². The van der Waals surface area contributed by atoms with Crippen molar-refractivity contribution in [2.24, 2.45) is 5.73 Å². The summed E-state index contributed by atoms with van der Waals surface area (Å²) in [6.07, 6.45) is 0.778. The molecule has 1 aromatic carbocycles. The highest BCUT2D eigenvalue weighted by molar-refractivity contribution is 5.90. The normalized spacial score (nSPS) is 19.1. The molecule has 0 aromatic heterocycles. The van der Waals surface area contributed by atoms with Crippen LogP contribution in [0.15, 0.2) is 30.3 Å². The number of nitrogens with two attached hydrogens (primary N) is 1. The number of carboxylic acids is 1. The smallest absolute Gasteiger partial charge is 0.330 e. The summed E-state index contributed by atoms with van der Waals surface area (Å²) in [5.41, 5.74) is 5.51. The topological polar surface area (TPSA) is 102 Å². The predicted molar refractivity (Wildman–Crippen MR) is 71.9 cm³/mol. The van der Waals surface area contributed by atoms with Gasteiger partial charge in [-0.3, -0.25) is 4.79 Å². The number of amides is 1. The lowest BCUT2D eigenvalue weighted by Crippen LogP contribution is -2.58. The quantitative estimate of drug-likeness (QED) is 0.741. The molecule has 0 saturated carbocycles. The predicted octanol–water partition coefficient (Wildman–Crippen LogP) is 0.436. The summed E-state index contributed by atoms with van der Waals surface area (Å²) in [5, 5.41) is 11.8. The van der Waals surface area contributed by atoms with Gasteiger partial charge in [0.15, 0.2) is 6.04 Å². The lowest BCUT2D eigenvalue weighted by atomic mass is 9.89. The average Bonchev–Trinajstić information content (AvgIpc) is 2.45. The maximum atomic E-state index is 12.3. The van der Waals surface area contributed by atoms with Crippen LogP contribution in [0.5, 0.6) is 0 Å². The van der Waals surface area contributed by atoms with Crippen molar-refractivity contribution < 1.29 is 19.4 Å². The van der Waals surface area contributed by atoms with Crippen molar-refractivity contribution in [1.29, 1.82) is 0 Å². The number of benzene rings is 1. The van der Waals surface area contributed by atoms with Crippen LogP contribution in [0.4, 0.5) is 0 Å². The number of rotatable bonds is 4. The molecule has 1 amide bonds. The van der Waals surface area contributed by atoms with Gasteiger partial charge in [0.1, 0.15) is 0 Å². The first-order valence-electron chi connectivity index (χ1n) is 6.48. The van der Waals surface area contributed by atoms with Gasteiger partial charge in [-0.1, -0.05) is 30.3 Å². The Labute approximate surface area is 116 Å². The van der Waals surface area contributed by atoms with Crippen LogP contribution in [0, 0.1) is 0 Å². The third-order valence-electron chi connectivity index (χ3n) is 3.49. The molecule has 6 nitrogen and oxygen atoms in total. The summed E-state index contributed by atoms with van der Waals surface area (Å²) in [7, 11) is 0. The number of carbonyl (C=O) groups is 2. The van der Waals surface area contributed by atoms with Gasteiger partial charge in [-0.25, -0.2) is 4.79 Å². The first-order valence-corrected chi connectivity index (χ1v) is 6.48. The van der Waals surface area contributed by atoms with Crippen LogP contribution in [0.2, 0.25) is 0 Å². The Balaban J connectivity index is 2.12. The van der Waals surface area contributed by atoms with E-state index < -0.39 is 23.5 Å². The fraction of sp³-hybridized carbons (Fsp3) is 0.429. The monoisotopic (exact) mass is 278 g/mol. The second-order valence-corrected chi connectivity index (χ2v) is 4.92. The van der Waals surface area contributed by atoms with Crippen LogP contribution in [-0.4, -0.2) is 35.7 Å².